The van der Waals surface area contributed by atoms with Crippen LogP contribution in [0.4, 0.5) is 0 Å². The molecule has 1 aromatic rings. The number of piperazine rings is 1. The minimum absolute atomic E-state index is 0.679. The fourth-order valence-electron chi connectivity index (χ4n) is 3.83. The van der Waals surface area contributed by atoms with Gasteiger partial charge in [-0.2, -0.15) is 0 Å². The normalized spacial score (nSPS) is 28.7. The summed E-state index contributed by atoms with van der Waals surface area (Å²) in [5.74, 6) is 1.56. The molecule has 1 saturated carbocycles. The van der Waals surface area contributed by atoms with Crippen LogP contribution in [-0.4, -0.2) is 58.5 Å². The maximum absolute atomic E-state index is 4.35. The average Bonchev–Trinajstić information content (AvgIpc) is 2.56. The van der Waals surface area contributed by atoms with Crippen LogP contribution in [0.5, 0.6) is 0 Å². The van der Waals surface area contributed by atoms with E-state index in [1.807, 2.05) is 19.3 Å². The molecule has 0 amide bonds. The number of aromatic nitrogens is 2. The van der Waals surface area contributed by atoms with Crippen LogP contribution in [0.1, 0.15) is 49.9 Å². The van der Waals surface area contributed by atoms with Gasteiger partial charge < -0.3 is 4.90 Å². The van der Waals surface area contributed by atoms with Gasteiger partial charge >= 0.3 is 0 Å². The molecule has 2 heterocycles. The van der Waals surface area contributed by atoms with E-state index in [2.05, 4.69) is 26.7 Å². The first-order valence-electron chi connectivity index (χ1n) is 8.51. The Labute approximate surface area is 128 Å². The summed E-state index contributed by atoms with van der Waals surface area (Å²) in [6.07, 6.45) is 9.34. The molecular formula is C17H28N4. The Hall–Kier alpha value is -1.00. The minimum atomic E-state index is 0.679. The number of likely N-dealkylation sites (N-methyl/N-ethyl adjacent to an activating group) is 1. The summed E-state index contributed by atoms with van der Waals surface area (Å²) >= 11 is 0. The Bertz CT molecular complexity index is 429. The third kappa shape index (κ3) is 3.61. The van der Waals surface area contributed by atoms with E-state index in [0.717, 1.165) is 11.9 Å². The van der Waals surface area contributed by atoms with Gasteiger partial charge in [0.1, 0.15) is 5.82 Å². The SMILES string of the molecule is CCN1CCN(C2CCC(c3cnc(C)nc3)CC2)CC1. The van der Waals surface area contributed by atoms with Gasteiger partial charge in [-0.25, -0.2) is 9.97 Å². The number of aryl methyl sites for hydroxylation is 1. The van der Waals surface area contributed by atoms with Gasteiger partial charge in [-0.1, -0.05) is 6.92 Å². The molecule has 0 spiro atoms. The second kappa shape index (κ2) is 6.84. The Morgan fingerprint density at radius 1 is 1.00 bits per heavy atom. The van der Waals surface area contributed by atoms with Crippen LogP contribution in [0.3, 0.4) is 0 Å². The van der Waals surface area contributed by atoms with Gasteiger partial charge in [0, 0.05) is 44.6 Å². The molecule has 0 unspecified atom stereocenters. The largest absolute Gasteiger partial charge is 0.301 e. The molecule has 2 aliphatic rings. The van der Waals surface area contributed by atoms with E-state index in [0.29, 0.717) is 5.92 Å². The molecule has 0 aromatic carbocycles. The van der Waals surface area contributed by atoms with E-state index < -0.39 is 0 Å². The summed E-state index contributed by atoms with van der Waals surface area (Å²) in [5.41, 5.74) is 1.34. The predicted molar refractivity (Wildman–Crippen MR) is 85.5 cm³/mol. The quantitative estimate of drug-likeness (QED) is 0.855. The summed E-state index contributed by atoms with van der Waals surface area (Å²) in [6, 6.07) is 0.812. The fourth-order valence-corrected chi connectivity index (χ4v) is 3.83. The molecular weight excluding hydrogens is 260 g/mol. The molecule has 4 heteroatoms. The number of rotatable bonds is 3. The van der Waals surface area contributed by atoms with Crippen LogP contribution in [-0.2, 0) is 0 Å². The molecule has 0 atom stereocenters. The molecule has 4 nitrogen and oxygen atoms in total. The summed E-state index contributed by atoms with van der Waals surface area (Å²) in [6.45, 7) is 10.5. The van der Waals surface area contributed by atoms with Crippen molar-refractivity contribution in [3.63, 3.8) is 0 Å². The summed E-state index contributed by atoms with van der Waals surface area (Å²) < 4.78 is 0. The standard InChI is InChI=1S/C17H28N4/c1-3-20-8-10-21(11-9-20)17-6-4-15(5-7-17)16-12-18-14(2)19-13-16/h12-13,15,17H,3-11H2,1-2H3. The fraction of sp³-hybridized carbons (Fsp3) is 0.765. The van der Waals surface area contributed by atoms with Gasteiger partial charge in [0.25, 0.3) is 0 Å². The monoisotopic (exact) mass is 288 g/mol. The van der Waals surface area contributed by atoms with Gasteiger partial charge in [-0.15, -0.1) is 0 Å². The van der Waals surface area contributed by atoms with E-state index >= 15 is 0 Å². The van der Waals surface area contributed by atoms with Gasteiger partial charge in [-0.05, 0) is 50.6 Å². The third-order valence-corrected chi connectivity index (χ3v) is 5.34. The van der Waals surface area contributed by atoms with Gasteiger partial charge in [0.2, 0.25) is 0 Å². The van der Waals surface area contributed by atoms with E-state index in [4.69, 9.17) is 0 Å². The molecule has 3 rings (SSSR count). The number of hydrogen-bond acceptors (Lipinski definition) is 4. The first kappa shape index (κ1) is 14.9. The molecule has 21 heavy (non-hydrogen) atoms. The first-order chi connectivity index (χ1) is 10.3. The van der Waals surface area contributed by atoms with Crippen LogP contribution < -0.4 is 0 Å². The third-order valence-electron chi connectivity index (χ3n) is 5.34. The zero-order valence-corrected chi connectivity index (χ0v) is 13.5. The van der Waals surface area contributed by atoms with Gasteiger partial charge in [0.05, 0.1) is 0 Å². The Kier molecular flexibility index (Phi) is 4.86. The van der Waals surface area contributed by atoms with Crippen molar-refractivity contribution in [2.75, 3.05) is 32.7 Å². The Morgan fingerprint density at radius 3 is 2.19 bits per heavy atom. The van der Waals surface area contributed by atoms with Crippen molar-refractivity contribution < 1.29 is 0 Å². The van der Waals surface area contributed by atoms with Crippen molar-refractivity contribution in [3.8, 4) is 0 Å². The number of hydrogen-bond donors (Lipinski definition) is 0. The van der Waals surface area contributed by atoms with Crippen molar-refractivity contribution in [3.05, 3.63) is 23.8 Å². The highest BCUT2D eigenvalue weighted by molar-refractivity contribution is 5.12. The van der Waals surface area contributed by atoms with E-state index in [1.54, 1.807) is 0 Å². The van der Waals surface area contributed by atoms with E-state index in [-0.39, 0.29) is 0 Å². The second-order valence-corrected chi connectivity index (χ2v) is 6.54. The molecule has 0 N–H and O–H groups in total. The molecule has 2 fully saturated rings. The summed E-state index contributed by atoms with van der Waals surface area (Å²) in [7, 11) is 0. The lowest BCUT2D eigenvalue weighted by atomic mass is 9.82. The highest BCUT2D eigenvalue weighted by atomic mass is 15.3. The summed E-state index contributed by atoms with van der Waals surface area (Å²) in [4.78, 5) is 14.0. The van der Waals surface area contributed by atoms with Crippen LogP contribution in [0.15, 0.2) is 12.4 Å². The van der Waals surface area contributed by atoms with Crippen molar-refractivity contribution in [1.29, 1.82) is 0 Å². The van der Waals surface area contributed by atoms with E-state index in [9.17, 15) is 0 Å². The van der Waals surface area contributed by atoms with Crippen LogP contribution in [0.2, 0.25) is 0 Å². The lowest BCUT2D eigenvalue weighted by molar-refractivity contribution is 0.0786. The highest BCUT2D eigenvalue weighted by Gasteiger charge is 2.28. The van der Waals surface area contributed by atoms with Crippen LogP contribution in [0.25, 0.3) is 0 Å². The average molecular weight is 288 g/mol. The lowest BCUT2D eigenvalue weighted by Gasteiger charge is -2.41. The molecule has 1 saturated heterocycles. The molecule has 1 aliphatic carbocycles. The first-order valence-corrected chi connectivity index (χ1v) is 8.51. The smallest absolute Gasteiger partial charge is 0.125 e. The summed E-state index contributed by atoms with van der Waals surface area (Å²) in [5, 5.41) is 0. The topological polar surface area (TPSA) is 32.3 Å². The zero-order valence-electron chi connectivity index (χ0n) is 13.5. The highest BCUT2D eigenvalue weighted by Crippen LogP contribution is 2.34. The molecule has 116 valence electrons. The predicted octanol–water partition coefficient (Wildman–Crippen LogP) is 2.45. The van der Waals surface area contributed by atoms with Crippen molar-refractivity contribution in [2.45, 2.75) is 51.5 Å². The number of nitrogens with zero attached hydrogens (tertiary/aromatic N) is 4. The lowest BCUT2D eigenvalue weighted by Crippen LogP contribution is -2.50. The Morgan fingerprint density at radius 2 is 1.62 bits per heavy atom. The van der Waals surface area contributed by atoms with Crippen LogP contribution >= 0.6 is 0 Å². The van der Waals surface area contributed by atoms with Crippen molar-refractivity contribution >= 4 is 0 Å². The second-order valence-electron chi connectivity index (χ2n) is 6.54. The zero-order chi connectivity index (χ0) is 14.7. The van der Waals surface area contributed by atoms with Gasteiger partial charge in [-0.3, -0.25) is 4.90 Å². The van der Waals surface area contributed by atoms with Gasteiger partial charge in [0.15, 0.2) is 0 Å². The van der Waals surface area contributed by atoms with E-state index in [1.165, 1.54) is 64.0 Å². The van der Waals surface area contributed by atoms with Crippen molar-refractivity contribution in [1.82, 2.24) is 19.8 Å². The molecule has 0 radical (unpaired) electrons. The minimum Gasteiger partial charge on any atom is -0.301 e. The maximum atomic E-state index is 4.35. The molecule has 1 aliphatic heterocycles. The Balaban J connectivity index is 1.50. The van der Waals surface area contributed by atoms with Crippen LogP contribution in [0, 0.1) is 6.92 Å². The molecule has 1 aromatic heterocycles. The van der Waals surface area contributed by atoms with Crippen molar-refractivity contribution in [2.24, 2.45) is 0 Å². The maximum Gasteiger partial charge on any atom is 0.125 e. The molecule has 0 bridgehead atoms.